The number of nitrogens with two attached hydrogens (primary N) is 1. The molecule has 1 rings (SSSR count). The Bertz CT molecular complexity index is 318. The summed E-state index contributed by atoms with van der Waals surface area (Å²) in [4.78, 5) is 0. The highest BCUT2D eigenvalue weighted by atomic mass is 14.6. The van der Waals surface area contributed by atoms with Gasteiger partial charge in [0.1, 0.15) is 5.36 Å². The van der Waals surface area contributed by atoms with Crippen LogP contribution < -0.4 is 16.4 Å². The highest BCUT2D eigenvalue weighted by Crippen LogP contribution is 2.06. The SMILES string of the molecule is CCCCc1c(N)c(=N)c1=N. The van der Waals surface area contributed by atoms with Crippen LogP contribution in [-0.4, -0.2) is 0 Å². The summed E-state index contributed by atoms with van der Waals surface area (Å²) < 4.78 is 0. The molecule has 0 heterocycles. The number of anilines is 1. The van der Waals surface area contributed by atoms with Gasteiger partial charge in [-0.1, -0.05) is 13.3 Å². The van der Waals surface area contributed by atoms with Gasteiger partial charge in [-0.05, 0) is 12.8 Å². The van der Waals surface area contributed by atoms with Crippen molar-refractivity contribution in [1.29, 1.82) is 10.8 Å². The molecule has 0 spiro atoms. The minimum atomic E-state index is 0.219. The van der Waals surface area contributed by atoms with Gasteiger partial charge in [0.25, 0.3) is 0 Å². The fourth-order valence-corrected chi connectivity index (χ4v) is 1.12. The summed E-state index contributed by atoms with van der Waals surface area (Å²) in [6.07, 6.45) is 3.03. The first-order valence-corrected chi connectivity index (χ1v) is 3.85. The highest BCUT2D eigenvalue weighted by Gasteiger charge is 2.09. The van der Waals surface area contributed by atoms with Crippen LogP contribution in [0.3, 0.4) is 0 Å². The highest BCUT2D eigenvalue weighted by molar-refractivity contribution is 5.50. The third kappa shape index (κ3) is 1.18. The van der Waals surface area contributed by atoms with E-state index in [0.717, 1.165) is 24.8 Å². The zero-order valence-electron chi connectivity index (χ0n) is 6.70. The molecule has 1 aromatic carbocycles. The van der Waals surface area contributed by atoms with Crippen molar-refractivity contribution in [2.24, 2.45) is 0 Å². The lowest BCUT2D eigenvalue weighted by Crippen LogP contribution is -2.38. The summed E-state index contributed by atoms with van der Waals surface area (Å²) >= 11 is 0. The van der Waals surface area contributed by atoms with Gasteiger partial charge < -0.3 is 5.73 Å². The normalized spacial score (nSPS) is 10.6. The second-order valence-electron chi connectivity index (χ2n) is 2.75. The first kappa shape index (κ1) is 7.98. The molecule has 0 saturated heterocycles. The fraction of sp³-hybridized carbons (Fsp3) is 0.500. The Balaban J connectivity index is 2.75. The van der Waals surface area contributed by atoms with Gasteiger partial charge >= 0.3 is 0 Å². The van der Waals surface area contributed by atoms with Crippen molar-refractivity contribution in [3.63, 3.8) is 0 Å². The van der Waals surface area contributed by atoms with Gasteiger partial charge in [-0.2, -0.15) is 0 Å². The molecule has 0 saturated carbocycles. The van der Waals surface area contributed by atoms with Crippen LogP contribution in [0.5, 0.6) is 0 Å². The average Bonchev–Trinajstić information content (AvgIpc) is 2.04. The number of hydrogen-bond donors (Lipinski definition) is 3. The Morgan fingerprint density at radius 2 is 1.91 bits per heavy atom. The molecule has 0 aliphatic rings. The monoisotopic (exact) mass is 151 g/mol. The van der Waals surface area contributed by atoms with Crippen LogP contribution in [0.15, 0.2) is 0 Å². The molecule has 0 atom stereocenters. The van der Waals surface area contributed by atoms with E-state index >= 15 is 0 Å². The molecule has 1 aromatic rings. The Labute approximate surface area is 65.6 Å². The predicted molar refractivity (Wildman–Crippen MR) is 43.5 cm³/mol. The maximum absolute atomic E-state index is 7.34. The largest absolute Gasteiger partial charge is 0.397 e. The van der Waals surface area contributed by atoms with E-state index < -0.39 is 0 Å². The molecule has 0 bridgehead atoms. The van der Waals surface area contributed by atoms with Crippen LogP contribution in [0.25, 0.3) is 0 Å². The van der Waals surface area contributed by atoms with Crippen molar-refractivity contribution in [3.8, 4) is 0 Å². The molecular formula is C8H13N3. The van der Waals surface area contributed by atoms with E-state index in [1.54, 1.807) is 0 Å². The van der Waals surface area contributed by atoms with Gasteiger partial charge in [0, 0.05) is 5.56 Å². The van der Waals surface area contributed by atoms with E-state index in [2.05, 4.69) is 6.92 Å². The topological polar surface area (TPSA) is 73.7 Å². The van der Waals surface area contributed by atoms with Gasteiger partial charge in [0.15, 0.2) is 0 Å². The predicted octanol–water partition coefficient (Wildman–Crippen LogP) is 0.446. The van der Waals surface area contributed by atoms with Gasteiger partial charge in [0.2, 0.25) is 0 Å². The van der Waals surface area contributed by atoms with E-state index in [-0.39, 0.29) is 5.36 Å². The maximum atomic E-state index is 7.34. The van der Waals surface area contributed by atoms with Crippen molar-refractivity contribution in [3.05, 3.63) is 16.3 Å². The van der Waals surface area contributed by atoms with E-state index in [4.69, 9.17) is 16.6 Å². The molecule has 0 amide bonds. The number of unbranched alkanes of at least 4 members (excludes halogenated alkanes) is 1. The van der Waals surface area contributed by atoms with Crippen molar-refractivity contribution in [2.75, 3.05) is 5.73 Å². The molecule has 0 aromatic heterocycles. The molecule has 0 fully saturated rings. The van der Waals surface area contributed by atoms with Crippen molar-refractivity contribution in [2.45, 2.75) is 26.2 Å². The van der Waals surface area contributed by atoms with Gasteiger partial charge in [0.05, 0.1) is 11.0 Å². The average molecular weight is 151 g/mol. The number of nitrogen functional groups attached to an aromatic ring is 1. The standard InChI is InChI=1S/C8H13N3/c1-2-3-4-5-6(9)8(11)7(5)10/h9,11H,2-4,10H2,1H3. The summed E-state index contributed by atoms with van der Waals surface area (Å²) in [5.41, 5.74) is 6.93. The fourth-order valence-electron chi connectivity index (χ4n) is 1.12. The molecule has 0 aliphatic heterocycles. The van der Waals surface area contributed by atoms with Crippen LogP contribution in [0.2, 0.25) is 0 Å². The Morgan fingerprint density at radius 1 is 1.27 bits per heavy atom. The van der Waals surface area contributed by atoms with E-state index in [0.29, 0.717) is 11.0 Å². The second-order valence-corrected chi connectivity index (χ2v) is 2.75. The number of rotatable bonds is 3. The first-order chi connectivity index (χ1) is 5.18. The summed E-state index contributed by atoms with van der Waals surface area (Å²) in [6.45, 7) is 2.10. The molecule has 11 heavy (non-hydrogen) atoms. The zero-order valence-corrected chi connectivity index (χ0v) is 6.70. The van der Waals surface area contributed by atoms with E-state index in [1.807, 2.05) is 0 Å². The van der Waals surface area contributed by atoms with Crippen LogP contribution in [0.1, 0.15) is 25.3 Å². The minimum absolute atomic E-state index is 0.219. The lowest BCUT2D eigenvalue weighted by molar-refractivity contribution is 0.777. The van der Waals surface area contributed by atoms with Crippen LogP contribution in [-0.2, 0) is 6.42 Å². The molecule has 3 heteroatoms. The molecule has 0 unspecified atom stereocenters. The quantitative estimate of drug-likeness (QED) is 0.576. The lowest BCUT2D eigenvalue weighted by Gasteiger charge is -2.08. The zero-order chi connectivity index (χ0) is 8.43. The van der Waals surface area contributed by atoms with E-state index in [1.165, 1.54) is 0 Å². The molecule has 60 valence electrons. The summed E-state index contributed by atoms with van der Waals surface area (Å²) in [5, 5.41) is 15.1. The van der Waals surface area contributed by atoms with Gasteiger partial charge in [-0.25, -0.2) is 0 Å². The maximum Gasteiger partial charge on any atom is 0.103 e. The van der Waals surface area contributed by atoms with Crippen molar-refractivity contribution < 1.29 is 0 Å². The van der Waals surface area contributed by atoms with Crippen LogP contribution >= 0.6 is 0 Å². The van der Waals surface area contributed by atoms with Gasteiger partial charge in [-0.15, -0.1) is 0 Å². The number of nitrogens with one attached hydrogen (secondary N) is 2. The molecule has 0 aliphatic carbocycles. The van der Waals surface area contributed by atoms with Crippen LogP contribution in [0, 0.1) is 10.8 Å². The molecule has 3 nitrogen and oxygen atoms in total. The lowest BCUT2D eigenvalue weighted by atomic mass is 10.0. The summed E-state index contributed by atoms with van der Waals surface area (Å²) in [7, 11) is 0. The summed E-state index contributed by atoms with van der Waals surface area (Å²) in [5.74, 6) is 0. The smallest absolute Gasteiger partial charge is 0.103 e. The minimum Gasteiger partial charge on any atom is -0.397 e. The first-order valence-electron chi connectivity index (χ1n) is 3.85. The molecular weight excluding hydrogens is 138 g/mol. The number of hydrogen-bond acceptors (Lipinski definition) is 3. The van der Waals surface area contributed by atoms with Crippen LogP contribution in [0.4, 0.5) is 5.69 Å². The van der Waals surface area contributed by atoms with Crippen molar-refractivity contribution in [1.82, 2.24) is 0 Å². The summed E-state index contributed by atoms with van der Waals surface area (Å²) in [6, 6.07) is 0. The Kier molecular flexibility index (Phi) is 2.08. The molecule has 0 radical (unpaired) electrons. The second kappa shape index (κ2) is 2.86. The van der Waals surface area contributed by atoms with Gasteiger partial charge in [-0.3, -0.25) is 10.8 Å². The third-order valence-corrected chi connectivity index (χ3v) is 1.93. The van der Waals surface area contributed by atoms with E-state index in [9.17, 15) is 0 Å². The van der Waals surface area contributed by atoms with Crippen molar-refractivity contribution >= 4 is 5.69 Å². The Hall–Kier alpha value is -1.12. The molecule has 4 N–H and O–H groups in total. The third-order valence-electron chi connectivity index (χ3n) is 1.93. The Morgan fingerprint density at radius 3 is 2.36 bits per heavy atom.